The number of rotatable bonds is 7. The third-order valence-electron chi connectivity index (χ3n) is 2.56. The minimum atomic E-state index is 0.0428. The van der Waals surface area contributed by atoms with Crippen molar-refractivity contribution in [3.63, 3.8) is 0 Å². The fourth-order valence-electron chi connectivity index (χ4n) is 1.64. The molecule has 2 rings (SSSR count). The van der Waals surface area contributed by atoms with E-state index in [2.05, 4.69) is 4.37 Å². The molecule has 0 unspecified atom stereocenters. The van der Waals surface area contributed by atoms with Gasteiger partial charge in [-0.2, -0.15) is 4.37 Å². The lowest BCUT2D eigenvalue weighted by molar-refractivity contribution is 0.0840. The summed E-state index contributed by atoms with van der Waals surface area (Å²) in [5, 5.41) is 18.8. The molecule has 0 aliphatic carbocycles. The molecule has 0 aliphatic heterocycles. The number of nitrogens with zero attached hydrogens (tertiary/aromatic N) is 2. The molecular weight excluding hydrogens is 252 g/mol. The largest absolute Gasteiger partial charge is 0.460 e. The van der Waals surface area contributed by atoms with Crippen LogP contribution in [0.1, 0.15) is 0 Å². The Morgan fingerprint density at radius 3 is 2.61 bits per heavy atom. The van der Waals surface area contributed by atoms with Gasteiger partial charge in [-0.25, -0.2) is 0 Å². The van der Waals surface area contributed by atoms with Crippen molar-refractivity contribution in [3.05, 3.63) is 24.3 Å². The van der Waals surface area contributed by atoms with Crippen LogP contribution in [0.15, 0.2) is 24.3 Å². The Bertz CT molecular complexity index is 483. The molecule has 1 heterocycles. The van der Waals surface area contributed by atoms with Crippen molar-refractivity contribution in [1.29, 1.82) is 0 Å². The standard InChI is InChI=1S/C12H16N2O3S/c15-7-5-14(6-8-16)9-17-12-10-3-1-2-4-11(10)18-13-12/h1-4,15-16H,5-9H2. The van der Waals surface area contributed by atoms with E-state index in [9.17, 15) is 0 Å². The Balaban J connectivity index is 2.00. The van der Waals surface area contributed by atoms with E-state index < -0.39 is 0 Å². The summed E-state index contributed by atoms with van der Waals surface area (Å²) in [6, 6.07) is 7.88. The molecule has 0 radical (unpaired) electrons. The van der Waals surface area contributed by atoms with Crippen LogP contribution >= 0.6 is 11.5 Å². The van der Waals surface area contributed by atoms with Crippen molar-refractivity contribution in [3.8, 4) is 5.88 Å². The molecule has 0 amide bonds. The topological polar surface area (TPSA) is 65.8 Å². The van der Waals surface area contributed by atoms with Crippen LogP contribution in [-0.2, 0) is 0 Å². The Kier molecular flexibility index (Phi) is 4.89. The summed E-state index contributed by atoms with van der Waals surface area (Å²) < 4.78 is 11.0. The van der Waals surface area contributed by atoms with Gasteiger partial charge < -0.3 is 14.9 Å². The third kappa shape index (κ3) is 3.17. The number of benzene rings is 1. The van der Waals surface area contributed by atoms with Gasteiger partial charge in [0, 0.05) is 13.1 Å². The van der Waals surface area contributed by atoms with Crippen LogP contribution < -0.4 is 4.74 Å². The number of ether oxygens (including phenoxy) is 1. The maximum Gasteiger partial charge on any atom is 0.234 e. The molecule has 0 saturated heterocycles. The second-order valence-electron chi connectivity index (χ2n) is 3.82. The van der Waals surface area contributed by atoms with Crippen molar-refractivity contribution in [2.45, 2.75) is 0 Å². The van der Waals surface area contributed by atoms with Crippen LogP contribution in [0.2, 0.25) is 0 Å². The molecule has 98 valence electrons. The summed E-state index contributed by atoms with van der Waals surface area (Å²) in [7, 11) is 0. The quantitative estimate of drug-likeness (QED) is 0.731. The molecular formula is C12H16N2O3S. The monoisotopic (exact) mass is 268 g/mol. The molecule has 5 nitrogen and oxygen atoms in total. The Morgan fingerprint density at radius 1 is 1.17 bits per heavy atom. The smallest absolute Gasteiger partial charge is 0.234 e. The zero-order valence-corrected chi connectivity index (χ0v) is 10.8. The molecule has 0 fully saturated rings. The van der Waals surface area contributed by atoms with Crippen LogP contribution in [0.5, 0.6) is 5.88 Å². The minimum absolute atomic E-state index is 0.0428. The molecule has 0 aliphatic rings. The average molecular weight is 268 g/mol. The molecule has 0 bridgehead atoms. The van der Waals surface area contributed by atoms with E-state index in [-0.39, 0.29) is 13.2 Å². The summed E-state index contributed by atoms with van der Waals surface area (Å²) in [4.78, 5) is 1.83. The van der Waals surface area contributed by atoms with Crippen molar-refractivity contribution in [1.82, 2.24) is 9.27 Å². The van der Waals surface area contributed by atoms with Crippen molar-refractivity contribution >= 4 is 21.6 Å². The first-order valence-corrected chi connectivity index (χ1v) is 6.53. The summed E-state index contributed by atoms with van der Waals surface area (Å²) in [6.45, 7) is 1.35. The van der Waals surface area contributed by atoms with Gasteiger partial charge in [0.1, 0.15) is 6.73 Å². The predicted octanol–water partition coefficient (Wildman–Crippen LogP) is 0.919. The number of fused-ring (bicyclic) bond motifs is 1. The summed E-state index contributed by atoms with van der Waals surface area (Å²) in [5.74, 6) is 0.608. The van der Waals surface area contributed by atoms with Gasteiger partial charge in [-0.3, -0.25) is 4.90 Å². The summed E-state index contributed by atoms with van der Waals surface area (Å²) >= 11 is 1.40. The van der Waals surface area contributed by atoms with Crippen molar-refractivity contribution in [2.24, 2.45) is 0 Å². The van der Waals surface area contributed by atoms with E-state index in [0.29, 0.717) is 25.7 Å². The molecule has 0 saturated carbocycles. The van der Waals surface area contributed by atoms with Gasteiger partial charge in [-0.15, -0.1) is 0 Å². The molecule has 18 heavy (non-hydrogen) atoms. The number of aliphatic hydroxyl groups is 2. The van der Waals surface area contributed by atoms with Gasteiger partial charge in [0.15, 0.2) is 0 Å². The van der Waals surface area contributed by atoms with Crippen LogP contribution in [-0.4, -0.2) is 52.5 Å². The average Bonchev–Trinajstić information content (AvgIpc) is 2.80. The van der Waals surface area contributed by atoms with Gasteiger partial charge >= 0.3 is 0 Å². The lowest BCUT2D eigenvalue weighted by atomic mass is 10.3. The van der Waals surface area contributed by atoms with E-state index in [1.54, 1.807) is 0 Å². The first-order valence-electron chi connectivity index (χ1n) is 5.76. The number of hydrogen-bond acceptors (Lipinski definition) is 6. The first-order chi connectivity index (χ1) is 8.85. The number of hydrogen-bond donors (Lipinski definition) is 2. The number of aromatic nitrogens is 1. The van der Waals surface area contributed by atoms with Crippen LogP contribution in [0.3, 0.4) is 0 Å². The fraction of sp³-hybridized carbons (Fsp3) is 0.417. The van der Waals surface area contributed by atoms with E-state index >= 15 is 0 Å². The highest BCUT2D eigenvalue weighted by Crippen LogP contribution is 2.27. The normalized spacial score (nSPS) is 11.3. The zero-order valence-electron chi connectivity index (χ0n) is 9.95. The molecule has 2 aromatic rings. The Labute approximate surface area is 109 Å². The lowest BCUT2D eigenvalue weighted by Gasteiger charge is -2.19. The van der Waals surface area contributed by atoms with E-state index in [1.165, 1.54) is 11.5 Å². The minimum Gasteiger partial charge on any atom is -0.460 e. The summed E-state index contributed by atoms with van der Waals surface area (Å²) in [6.07, 6.45) is 0. The van der Waals surface area contributed by atoms with Crippen molar-refractivity contribution < 1.29 is 14.9 Å². The van der Waals surface area contributed by atoms with Gasteiger partial charge in [0.05, 0.1) is 23.3 Å². The highest BCUT2D eigenvalue weighted by Gasteiger charge is 2.09. The van der Waals surface area contributed by atoms with Crippen LogP contribution in [0.4, 0.5) is 0 Å². The van der Waals surface area contributed by atoms with Gasteiger partial charge in [-0.05, 0) is 23.7 Å². The SMILES string of the molecule is OCCN(CCO)COc1nsc2ccccc12. The highest BCUT2D eigenvalue weighted by atomic mass is 32.1. The molecule has 1 aromatic carbocycles. The third-order valence-corrected chi connectivity index (χ3v) is 3.37. The van der Waals surface area contributed by atoms with Crippen LogP contribution in [0.25, 0.3) is 10.1 Å². The molecule has 2 N–H and O–H groups in total. The lowest BCUT2D eigenvalue weighted by Crippen LogP contribution is -2.33. The first kappa shape index (κ1) is 13.2. The van der Waals surface area contributed by atoms with Crippen molar-refractivity contribution in [2.75, 3.05) is 33.0 Å². The zero-order chi connectivity index (χ0) is 12.8. The van der Waals surface area contributed by atoms with E-state index in [4.69, 9.17) is 14.9 Å². The Hall–Kier alpha value is -1.21. The second-order valence-corrected chi connectivity index (χ2v) is 4.63. The molecule has 1 aromatic heterocycles. The summed E-state index contributed by atoms with van der Waals surface area (Å²) in [5.41, 5.74) is 0. The van der Waals surface area contributed by atoms with Gasteiger partial charge in [0.2, 0.25) is 5.88 Å². The highest BCUT2D eigenvalue weighted by molar-refractivity contribution is 7.13. The second kappa shape index (κ2) is 6.65. The van der Waals surface area contributed by atoms with Crippen LogP contribution in [0, 0.1) is 0 Å². The van der Waals surface area contributed by atoms with E-state index in [0.717, 1.165) is 10.1 Å². The molecule has 0 spiro atoms. The molecule has 0 atom stereocenters. The predicted molar refractivity (Wildman–Crippen MR) is 70.9 cm³/mol. The maximum absolute atomic E-state index is 8.90. The maximum atomic E-state index is 8.90. The number of aliphatic hydroxyl groups excluding tert-OH is 2. The fourth-order valence-corrected chi connectivity index (χ4v) is 2.37. The van der Waals surface area contributed by atoms with Gasteiger partial charge in [0.25, 0.3) is 0 Å². The Morgan fingerprint density at radius 2 is 1.89 bits per heavy atom. The molecule has 6 heteroatoms. The van der Waals surface area contributed by atoms with Gasteiger partial charge in [-0.1, -0.05) is 12.1 Å². The van der Waals surface area contributed by atoms with E-state index in [1.807, 2.05) is 29.2 Å².